The lowest BCUT2D eigenvalue weighted by Gasteiger charge is -2.18. The van der Waals surface area contributed by atoms with Crippen LogP contribution in [-0.4, -0.2) is 48.8 Å². The first kappa shape index (κ1) is 20.5. The van der Waals surface area contributed by atoms with Gasteiger partial charge in [-0.15, -0.1) is 0 Å². The van der Waals surface area contributed by atoms with E-state index in [1.54, 1.807) is 12.1 Å². The number of hydrogen-bond acceptors (Lipinski definition) is 5. The Kier molecular flexibility index (Phi) is 6.29. The Balaban J connectivity index is 2.33. The average molecular weight is 391 g/mol. The summed E-state index contributed by atoms with van der Waals surface area (Å²) in [5.74, 6) is -0.765. The zero-order valence-electron chi connectivity index (χ0n) is 15.2. The second kappa shape index (κ2) is 8.28. The maximum Gasteiger partial charge on any atom is 0.409 e. The van der Waals surface area contributed by atoms with Crippen molar-refractivity contribution in [2.75, 3.05) is 19.4 Å². The number of rotatable bonds is 7. The van der Waals surface area contributed by atoms with Gasteiger partial charge in [0.15, 0.2) is 0 Å². The SMILES string of the molecule is CC(=O)C(Cc1ccc(S(=O)(=O)N(C)C)cc1)c1cnccc1NC(=O)O. The van der Waals surface area contributed by atoms with Crippen molar-refractivity contribution in [3.8, 4) is 0 Å². The van der Waals surface area contributed by atoms with Crippen LogP contribution in [-0.2, 0) is 21.2 Å². The molecule has 0 spiro atoms. The van der Waals surface area contributed by atoms with Crippen molar-refractivity contribution in [2.24, 2.45) is 0 Å². The molecule has 2 aromatic rings. The zero-order valence-corrected chi connectivity index (χ0v) is 16.0. The molecule has 1 aromatic carbocycles. The van der Waals surface area contributed by atoms with Crippen LogP contribution in [0.3, 0.4) is 0 Å². The Morgan fingerprint density at radius 2 is 1.81 bits per heavy atom. The van der Waals surface area contributed by atoms with Gasteiger partial charge < -0.3 is 5.11 Å². The third-order valence-electron chi connectivity index (χ3n) is 4.10. The molecule has 27 heavy (non-hydrogen) atoms. The van der Waals surface area contributed by atoms with E-state index in [-0.39, 0.29) is 17.1 Å². The number of carbonyl (C=O) groups excluding carboxylic acids is 1. The summed E-state index contributed by atoms with van der Waals surface area (Å²) in [7, 11) is -0.624. The average Bonchev–Trinajstić information content (AvgIpc) is 2.60. The number of sulfonamides is 1. The van der Waals surface area contributed by atoms with Gasteiger partial charge in [-0.05, 0) is 37.1 Å². The van der Waals surface area contributed by atoms with Crippen LogP contribution < -0.4 is 5.32 Å². The van der Waals surface area contributed by atoms with Gasteiger partial charge in [0, 0.05) is 38.0 Å². The highest BCUT2D eigenvalue weighted by molar-refractivity contribution is 7.89. The van der Waals surface area contributed by atoms with Crippen LogP contribution in [0.1, 0.15) is 24.0 Å². The lowest BCUT2D eigenvalue weighted by Crippen LogP contribution is -2.22. The molecule has 2 N–H and O–H groups in total. The molecular weight excluding hydrogens is 370 g/mol. The molecule has 0 saturated carbocycles. The Labute approximate surface area is 157 Å². The summed E-state index contributed by atoms with van der Waals surface area (Å²) in [4.78, 5) is 27.3. The maximum absolute atomic E-state index is 12.2. The molecule has 0 radical (unpaired) electrons. The number of hydrogen-bond donors (Lipinski definition) is 2. The summed E-state index contributed by atoms with van der Waals surface area (Å²) in [6.45, 7) is 1.42. The summed E-state index contributed by atoms with van der Waals surface area (Å²) >= 11 is 0. The maximum atomic E-state index is 12.2. The molecule has 0 aliphatic carbocycles. The van der Waals surface area contributed by atoms with E-state index in [0.717, 1.165) is 9.87 Å². The van der Waals surface area contributed by atoms with Crippen LogP contribution in [0.15, 0.2) is 47.6 Å². The second-order valence-electron chi connectivity index (χ2n) is 6.19. The number of nitrogens with one attached hydrogen (secondary N) is 1. The molecule has 1 aromatic heterocycles. The van der Waals surface area contributed by atoms with Crippen molar-refractivity contribution in [1.82, 2.24) is 9.29 Å². The van der Waals surface area contributed by atoms with Crippen LogP contribution >= 0.6 is 0 Å². The highest BCUT2D eigenvalue weighted by Crippen LogP contribution is 2.28. The quantitative estimate of drug-likeness (QED) is 0.748. The third-order valence-corrected chi connectivity index (χ3v) is 5.93. The Hall–Kier alpha value is -2.78. The fraction of sp³-hybridized carbons (Fsp3) is 0.278. The van der Waals surface area contributed by atoms with Gasteiger partial charge in [-0.2, -0.15) is 0 Å². The molecular formula is C18H21N3O5S. The summed E-state index contributed by atoms with van der Waals surface area (Å²) in [6, 6.07) is 7.76. The van der Waals surface area contributed by atoms with E-state index in [9.17, 15) is 18.0 Å². The number of ketones is 1. The smallest absolute Gasteiger partial charge is 0.409 e. The molecule has 0 saturated heterocycles. The summed E-state index contributed by atoms with van der Waals surface area (Å²) in [5.41, 5.74) is 1.51. The van der Waals surface area contributed by atoms with Gasteiger partial charge in [-0.3, -0.25) is 15.1 Å². The number of carbonyl (C=O) groups is 2. The van der Waals surface area contributed by atoms with E-state index < -0.39 is 22.0 Å². The van der Waals surface area contributed by atoms with E-state index in [1.807, 2.05) is 0 Å². The number of carboxylic acid groups (broad SMARTS) is 1. The molecule has 1 amide bonds. The molecule has 0 bridgehead atoms. The van der Waals surface area contributed by atoms with E-state index in [2.05, 4.69) is 10.3 Å². The number of Topliss-reactive ketones (excluding diaryl/α,β-unsaturated/α-hetero) is 1. The number of anilines is 1. The lowest BCUT2D eigenvalue weighted by atomic mass is 9.89. The lowest BCUT2D eigenvalue weighted by molar-refractivity contribution is -0.118. The van der Waals surface area contributed by atoms with Gasteiger partial charge in [-0.25, -0.2) is 17.5 Å². The van der Waals surface area contributed by atoms with Gasteiger partial charge in [0.05, 0.1) is 10.6 Å². The number of amides is 1. The Morgan fingerprint density at radius 3 is 2.33 bits per heavy atom. The van der Waals surface area contributed by atoms with Crippen molar-refractivity contribution in [1.29, 1.82) is 0 Å². The van der Waals surface area contributed by atoms with Crippen LogP contribution in [0.25, 0.3) is 0 Å². The summed E-state index contributed by atoms with van der Waals surface area (Å²) < 4.78 is 25.4. The van der Waals surface area contributed by atoms with Crippen LogP contribution in [0.4, 0.5) is 10.5 Å². The molecule has 1 heterocycles. The number of nitrogens with zero attached hydrogens (tertiary/aromatic N) is 2. The van der Waals surface area contributed by atoms with E-state index in [4.69, 9.17) is 5.11 Å². The Morgan fingerprint density at radius 1 is 1.19 bits per heavy atom. The largest absolute Gasteiger partial charge is 0.465 e. The van der Waals surface area contributed by atoms with Crippen molar-refractivity contribution < 1.29 is 23.1 Å². The molecule has 9 heteroatoms. The van der Waals surface area contributed by atoms with E-state index >= 15 is 0 Å². The fourth-order valence-corrected chi connectivity index (χ4v) is 3.53. The van der Waals surface area contributed by atoms with Gasteiger partial charge in [0.1, 0.15) is 5.78 Å². The van der Waals surface area contributed by atoms with Gasteiger partial charge >= 0.3 is 6.09 Å². The predicted octanol–water partition coefficient (Wildman–Crippen LogP) is 2.34. The van der Waals surface area contributed by atoms with Gasteiger partial charge in [0.25, 0.3) is 0 Å². The minimum Gasteiger partial charge on any atom is -0.465 e. The molecule has 0 aliphatic rings. The molecule has 0 aliphatic heterocycles. The van der Waals surface area contributed by atoms with Crippen LogP contribution in [0.5, 0.6) is 0 Å². The zero-order chi connectivity index (χ0) is 20.2. The van der Waals surface area contributed by atoms with Gasteiger partial charge in [0.2, 0.25) is 10.0 Å². The summed E-state index contributed by atoms with van der Waals surface area (Å²) in [5, 5.41) is 11.3. The highest BCUT2D eigenvalue weighted by atomic mass is 32.2. The first-order valence-electron chi connectivity index (χ1n) is 8.08. The van der Waals surface area contributed by atoms with E-state index in [0.29, 0.717) is 11.3 Å². The second-order valence-corrected chi connectivity index (χ2v) is 8.34. The number of pyridine rings is 1. The number of benzene rings is 1. The van der Waals surface area contributed by atoms with E-state index in [1.165, 1.54) is 51.6 Å². The molecule has 8 nitrogen and oxygen atoms in total. The van der Waals surface area contributed by atoms with Crippen molar-refractivity contribution in [2.45, 2.75) is 24.2 Å². The minimum absolute atomic E-state index is 0.151. The van der Waals surface area contributed by atoms with Gasteiger partial charge in [-0.1, -0.05) is 12.1 Å². The number of aromatic nitrogens is 1. The topological polar surface area (TPSA) is 117 Å². The third kappa shape index (κ3) is 4.89. The molecule has 144 valence electrons. The van der Waals surface area contributed by atoms with Crippen LogP contribution in [0, 0.1) is 0 Å². The molecule has 1 unspecified atom stereocenters. The standard InChI is InChI=1S/C18H21N3O5S/c1-12(22)15(16-11-19-9-8-17(16)20-18(23)24)10-13-4-6-14(7-5-13)27(25,26)21(2)3/h4-9,11,15H,10H2,1-3H3,(H,19,20)(H,23,24). The normalized spacial score (nSPS) is 12.6. The van der Waals surface area contributed by atoms with Crippen molar-refractivity contribution >= 4 is 27.6 Å². The Bertz CT molecular complexity index is 940. The van der Waals surface area contributed by atoms with Crippen molar-refractivity contribution in [3.63, 3.8) is 0 Å². The predicted molar refractivity (Wildman–Crippen MR) is 100 cm³/mol. The molecule has 0 fully saturated rings. The minimum atomic E-state index is -3.53. The van der Waals surface area contributed by atoms with Crippen molar-refractivity contribution in [3.05, 3.63) is 53.9 Å². The highest BCUT2D eigenvalue weighted by Gasteiger charge is 2.22. The fourth-order valence-electron chi connectivity index (χ4n) is 2.63. The molecule has 2 rings (SSSR count). The van der Waals surface area contributed by atoms with Crippen LogP contribution in [0.2, 0.25) is 0 Å². The summed E-state index contributed by atoms with van der Waals surface area (Å²) in [6.07, 6.45) is 1.95. The molecule has 1 atom stereocenters. The first-order valence-corrected chi connectivity index (χ1v) is 9.52. The first-order chi connectivity index (χ1) is 12.6. The monoisotopic (exact) mass is 391 g/mol.